The van der Waals surface area contributed by atoms with Crippen molar-refractivity contribution in [3.05, 3.63) is 52.2 Å². The second-order valence-electron chi connectivity index (χ2n) is 6.45. The van der Waals surface area contributed by atoms with Gasteiger partial charge in [0.15, 0.2) is 0 Å². The molecule has 3 heterocycles. The molecular formula is C18H17NO4S. The summed E-state index contributed by atoms with van der Waals surface area (Å²) < 4.78 is 5.86. The van der Waals surface area contributed by atoms with E-state index >= 15 is 0 Å². The van der Waals surface area contributed by atoms with Gasteiger partial charge in [0.25, 0.3) is 5.91 Å². The van der Waals surface area contributed by atoms with E-state index in [1.54, 1.807) is 16.3 Å². The molecule has 0 saturated carbocycles. The van der Waals surface area contributed by atoms with Crippen molar-refractivity contribution in [1.29, 1.82) is 0 Å². The molecule has 1 amide bonds. The molecule has 24 heavy (non-hydrogen) atoms. The van der Waals surface area contributed by atoms with E-state index in [1.165, 1.54) is 11.3 Å². The Kier molecular flexibility index (Phi) is 3.57. The number of carboxylic acids is 1. The minimum absolute atomic E-state index is 0.0989. The molecule has 0 bridgehead atoms. The number of thiophene rings is 1. The summed E-state index contributed by atoms with van der Waals surface area (Å²) in [6.07, 6.45) is 0.386. The molecule has 124 valence electrons. The van der Waals surface area contributed by atoms with E-state index in [1.807, 2.05) is 29.6 Å². The zero-order valence-electron chi connectivity index (χ0n) is 13.0. The zero-order valence-corrected chi connectivity index (χ0v) is 13.8. The van der Waals surface area contributed by atoms with E-state index in [0.29, 0.717) is 25.1 Å². The van der Waals surface area contributed by atoms with Gasteiger partial charge in [-0.25, -0.2) is 0 Å². The molecule has 1 N–H and O–H groups in total. The zero-order chi connectivity index (χ0) is 16.7. The summed E-state index contributed by atoms with van der Waals surface area (Å²) in [5.41, 5.74) is 0.531. The quantitative estimate of drug-likeness (QED) is 0.910. The van der Waals surface area contributed by atoms with Gasteiger partial charge in [-0.15, -0.1) is 0 Å². The van der Waals surface area contributed by atoms with Crippen molar-refractivity contribution in [2.75, 3.05) is 19.7 Å². The number of rotatable bonds is 2. The predicted molar refractivity (Wildman–Crippen MR) is 89.4 cm³/mol. The molecule has 6 heteroatoms. The number of aliphatic carboxylic acids is 1. The number of fused-ring (bicyclic) bond motifs is 2. The van der Waals surface area contributed by atoms with Crippen LogP contribution in [0.2, 0.25) is 0 Å². The lowest BCUT2D eigenvalue weighted by Gasteiger charge is -2.27. The van der Waals surface area contributed by atoms with Crippen molar-refractivity contribution in [2.24, 2.45) is 11.3 Å². The largest absolute Gasteiger partial charge is 0.493 e. The van der Waals surface area contributed by atoms with Crippen molar-refractivity contribution in [3.63, 3.8) is 0 Å². The van der Waals surface area contributed by atoms with Crippen molar-refractivity contribution in [1.82, 2.24) is 4.90 Å². The Hall–Kier alpha value is -2.34. The lowest BCUT2D eigenvalue weighted by Crippen LogP contribution is -2.42. The molecule has 1 fully saturated rings. The average molecular weight is 343 g/mol. The molecule has 0 aliphatic carbocycles. The van der Waals surface area contributed by atoms with Crippen LogP contribution in [-0.2, 0) is 11.2 Å². The number of nitrogens with zero attached hydrogens (tertiary/aromatic N) is 1. The Morgan fingerprint density at radius 3 is 2.88 bits per heavy atom. The van der Waals surface area contributed by atoms with Crippen LogP contribution in [0.3, 0.4) is 0 Å². The Balaban J connectivity index is 1.68. The van der Waals surface area contributed by atoms with Crippen LogP contribution in [0.25, 0.3) is 0 Å². The highest BCUT2D eigenvalue weighted by Gasteiger charge is 2.55. The van der Waals surface area contributed by atoms with Crippen LogP contribution in [0.5, 0.6) is 5.75 Å². The molecule has 2 aromatic rings. The smallest absolute Gasteiger partial charge is 0.312 e. The maximum Gasteiger partial charge on any atom is 0.312 e. The highest BCUT2D eigenvalue weighted by Crippen LogP contribution is 2.44. The minimum Gasteiger partial charge on any atom is -0.493 e. The summed E-state index contributed by atoms with van der Waals surface area (Å²) in [5.74, 6) is -0.417. The van der Waals surface area contributed by atoms with E-state index in [2.05, 4.69) is 0 Å². The summed E-state index contributed by atoms with van der Waals surface area (Å²) >= 11 is 1.46. The second kappa shape index (κ2) is 5.63. The molecule has 2 aliphatic rings. The molecule has 2 atom stereocenters. The third-order valence-electron chi connectivity index (χ3n) is 5.10. The minimum atomic E-state index is -0.988. The fourth-order valence-electron chi connectivity index (χ4n) is 3.75. The lowest BCUT2D eigenvalue weighted by molar-refractivity contribution is -0.150. The van der Waals surface area contributed by atoms with Gasteiger partial charge < -0.3 is 14.7 Å². The number of benzene rings is 1. The highest BCUT2D eigenvalue weighted by molar-refractivity contribution is 7.08. The van der Waals surface area contributed by atoms with Gasteiger partial charge in [-0.3, -0.25) is 9.59 Å². The fourth-order valence-corrected chi connectivity index (χ4v) is 4.38. The molecular weight excluding hydrogens is 326 g/mol. The first-order valence-corrected chi connectivity index (χ1v) is 8.80. The van der Waals surface area contributed by atoms with Crippen LogP contribution in [0.15, 0.2) is 41.1 Å². The Morgan fingerprint density at radius 2 is 2.12 bits per heavy atom. The number of ether oxygens (including phenoxy) is 1. The van der Waals surface area contributed by atoms with Gasteiger partial charge in [0, 0.05) is 24.4 Å². The monoisotopic (exact) mass is 343 g/mol. The van der Waals surface area contributed by atoms with Gasteiger partial charge >= 0.3 is 5.97 Å². The van der Waals surface area contributed by atoms with E-state index in [-0.39, 0.29) is 18.4 Å². The number of carboxylic acid groups (broad SMARTS) is 1. The lowest BCUT2D eigenvalue weighted by atomic mass is 9.74. The van der Waals surface area contributed by atoms with Crippen molar-refractivity contribution in [3.8, 4) is 5.75 Å². The first kappa shape index (κ1) is 15.2. The fraction of sp³-hybridized carbons (Fsp3) is 0.333. The van der Waals surface area contributed by atoms with Crippen molar-refractivity contribution < 1.29 is 19.4 Å². The molecule has 1 saturated heterocycles. The van der Waals surface area contributed by atoms with Crippen LogP contribution in [0.4, 0.5) is 0 Å². The second-order valence-corrected chi connectivity index (χ2v) is 7.23. The molecule has 0 radical (unpaired) electrons. The van der Waals surface area contributed by atoms with E-state index in [9.17, 15) is 14.7 Å². The highest BCUT2D eigenvalue weighted by atomic mass is 32.1. The number of hydrogen-bond donors (Lipinski definition) is 1. The number of carbonyl (C=O) groups is 2. The van der Waals surface area contributed by atoms with E-state index in [4.69, 9.17) is 4.74 Å². The molecule has 1 aromatic heterocycles. The number of amides is 1. The molecule has 1 aromatic carbocycles. The van der Waals surface area contributed by atoms with Crippen molar-refractivity contribution >= 4 is 23.2 Å². The van der Waals surface area contributed by atoms with Gasteiger partial charge in [0.2, 0.25) is 0 Å². The normalized spacial score (nSPS) is 25.3. The Morgan fingerprint density at radius 1 is 1.29 bits per heavy atom. The summed E-state index contributed by atoms with van der Waals surface area (Å²) in [5, 5.41) is 13.6. The van der Waals surface area contributed by atoms with Crippen LogP contribution in [-0.4, -0.2) is 41.6 Å². The number of hydrogen-bond acceptors (Lipinski definition) is 4. The molecule has 5 nitrogen and oxygen atoms in total. The van der Waals surface area contributed by atoms with Crippen LogP contribution < -0.4 is 4.74 Å². The summed E-state index contributed by atoms with van der Waals surface area (Å²) in [6.45, 7) is 0.949. The molecule has 2 aliphatic heterocycles. The summed E-state index contributed by atoms with van der Waals surface area (Å²) in [7, 11) is 0. The number of carbonyl (C=O) groups excluding carboxylic acids is 1. The summed E-state index contributed by atoms with van der Waals surface area (Å²) in [6, 6.07) is 9.34. The number of likely N-dealkylation sites (tertiary alicyclic amines) is 1. The first-order chi connectivity index (χ1) is 11.6. The maximum atomic E-state index is 12.6. The first-order valence-electron chi connectivity index (χ1n) is 7.86. The Bertz CT molecular complexity index is 788. The van der Waals surface area contributed by atoms with Crippen LogP contribution in [0, 0.1) is 11.3 Å². The molecule has 0 spiro atoms. The van der Waals surface area contributed by atoms with Crippen molar-refractivity contribution in [2.45, 2.75) is 6.42 Å². The van der Waals surface area contributed by atoms with Crippen LogP contribution >= 0.6 is 11.3 Å². The average Bonchev–Trinajstić information content (AvgIpc) is 3.20. The predicted octanol–water partition coefficient (Wildman–Crippen LogP) is 2.53. The maximum absolute atomic E-state index is 12.6. The van der Waals surface area contributed by atoms with Gasteiger partial charge in [0.05, 0.1) is 17.6 Å². The third-order valence-corrected chi connectivity index (χ3v) is 5.78. The van der Waals surface area contributed by atoms with E-state index in [0.717, 1.165) is 11.3 Å². The Labute approximate surface area is 143 Å². The topological polar surface area (TPSA) is 66.8 Å². The van der Waals surface area contributed by atoms with Gasteiger partial charge in [-0.2, -0.15) is 11.3 Å². The number of para-hydroxylation sites is 1. The molecule has 2 unspecified atom stereocenters. The van der Waals surface area contributed by atoms with Gasteiger partial charge in [-0.1, -0.05) is 18.2 Å². The van der Waals surface area contributed by atoms with E-state index < -0.39 is 11.4 Å². The summed E-state index contributed by atoms with van der Waals surface area (Å²) in [4.78, 5) is 26.5. The third kappa shape index (κ3) is 2.29. The standard InChI is InChI=1S/C18H17NO4S/c20-16(13-5-6-24-10-13)19-8-14-9-23-15-4-2-1-3-12(15)7-18(14,11-19)17(21)22/h1-6,10,14H,7-9,11H2,(H,21,22). The molecule has 4 rings (SSSR count). The van der Waals surface area contributed by atoms with Gasteiger partial charge in [0.1, 0.15) is 5.75 Å². The van der Waals surface area contributed by atoms with Gasteiger partial charge in [-0.05, 0) is 29.5 Å². The van der Waals surface area contributed by atoms with Crippen LogP contribution in [0.1, 0.15) is 15.9 Å². The SMILES string of the molecule is O=C(c1ccsc1)N1CC2COc3ccccc3CC2(C(=O)O)C1.